The zero-order valence-corrected chi connectivity index (χ0v) is 15.1. The first-order valence-electron chi connectivity index (χ1n) is 8.76. The van der Waals surface area contributed by atoms with Crippen molar-refractivity contribution in [2.24, 2.45) is 0 Å². The van der Waals surface area contributed by atoms with Gasteiger partial charge in [0.15, 0.2) is 0 Å². The van der Waals surface area contributed by atoms with Gasteiger partial charge in [0.2, 0.25) is 11.8 Å². The van der Waals surface area contributed by atoms with Gasteiger partial charge in [0.1, 0.15) is 18.3 Å². The van der Waals surface area contributed by atoms with Crippen LogP contribution in [0.25, 0.3) is 0 Å². The van der Waals surface area contributed by atoms with Crippen LogP contribution in [0.15, 0.2) is 24.3 Å². The average molecular weight is 360 g/mol. The van der Waals surface area contributed by atoms with Gasteiger partial charge in [-0.25, -0.2) is 4.79 Å². The number of anilines is 1. The number of nitrogens with one attached hydrogen (secondary N) is 1. The van der Waals surface area contributed by atoms with Crippen molar-refractivity contribution >= 4 is 23.5 Å². The fourth-order valence-electron chi connectivity index (χ4n) is 3.49. The maximum absolute atomic E-state index is 12.7. The maximum atomic E-state index is 12.7. The zero-order valence-electron chi connectivity index (χ0n) is 15.1. The number of urea groups is 1. The fourth-order valence-corrected chi connectivity index (χ4v) is 3.49. The fraction of sp³-hybridized carbons (Fsp3) is 0.500. The van der Waals surface area contributed by atoms with Crippen LogP contribution in [0.4, 0.5) is 10.5 Å². The summed E-state index contributed by atoms with van der Waals surface area (Å²) in [6.45, 7) is 1.56. The lowest BCUT2D eigenvalue weighted by Crippen LogP contribution is -2.48. The molecule has 0 aliphatic carbocycles. The van der Waals surface area contributed by atoms with E-state index in [-0.39, 0.29) is 24.4 Å². The molecule has 2 saturated heterocycles. The summed E-state index contributed by atoms with van der Waals surface area (Å²) in [6.07, 6.45) is 1.47. The van der Waals surface area contributed by atoms with Crippen LogP contribution in [0.2, 0.25) is 0 Å². The minimum Gasteiger partial charge on any atom is -0.497 e. The van der Waals surface area contributed by atoms with Crippen molar-refractivity contribution < 1.29 is 19.1 Å². The number of carbonyl (C=O) groups is 3. The van der Waals surface area contributed by atoms with Crippen LogP contribution in [0.3, 0.4) is 0 Å². The molecular formula is C18H24N4O4. The maximum Gasteiger partial charge on any atom is 0.325 e. The number of amides is 4. The second-order valence-corrected chi connectivity index (χ2v) is 6.41. The Kier molecular flexibility index (Phi) is 5.29. The molecule has 26 heavy (non-hydrogen) atoms. The van der Waals surface area contributed by atoms with E-state index >= 15 is 0 Å². The van der Waals surface area contributed by atoms with E-state index in [2.05, 4.69) is 5.32 Å². The van der Waals surface area contributed by atoms with E-state index in [4.69, 9.17) is 4.74 Å². The van der Waals surface area contributed by atoms with E-state index in [1.807, 2.05) is 12.1 Å². The van der Waals surface area contributed by atoms with Crippen LogP contribution in [-0.2, 0) is 9.59 Å². The summed E-state index contributed by atoms with van der Waals surface area (Å²) in [6, 6.07) is 6.62. The third-order valence-corrected chi connectivity index (χ3v) is 4.93. The second-order valence-electron chi connectivity index (χ2n) is 6.41. The Balaban J connectivity index is 1.63. The zero-order chi connectivity index (χ0) is 18.7. The number of benzene rings is 1. The van der Waals surface area contributed by atoms with E-state index < -0.39 is 6.04 Å². The lowest BCUT2D eigenvalue weighted by molar-refractivity contribution is -0.138. The summed E-state index contributed by atoms with van der Waals surface area (Å²) in [5.41, 5.74) is 0.773. The lowest BCUT2D eigenvalue weighted by Gasteiger charge is -2.26. The van der Waals surface area contributed by atoms with E-state index in [1.54, 1.807) is 36.1 Å². The molecule has 0 saturated carbocycles. The number of likely N-dealkylation sites (tertiary alicyclic amines) is 1. The Bertz CT molecular complexity index is 691. The Morgan fingerprint density at radius 2 is 1.92 bits per heavy atom. The molecule has 4 amide bonds. The van der Waals surface area contributed by atoms with Crippen LogP contribution < -0.4 is 15.0 Å². The van der Waals surface area contributed by atoms with E-state index in [0.717, 1.165) is 17.9 Å². The first-order chi connectivity index (χ1) is 12.5. The van der Waals surface area contributed by atoms with Gasteiger partial charge in [-0.1, -0.05) is 0 Å². The molecule has 140 valence electrons. The van der Waals surface area contributed by atoms with Gasteiger partial charge in [-0.2, -0.15) is 0 Å². The normalized spacial score (nSPS) is 19.8. The van der Waals surface area contributed by atoms with Crippen molar-refractivity contribution in [2.45, 2.75) is 18.9 Å². The number of hydrogen-bond acceptors (Lipinski definition) is 4. The number of carbonyl (C=O) groups excluding carboxylic acids is 3. The highest BCUT2D eigenvalue weighted by Crippen LogP contribution is 2.24. The van der Waals surface area contributed by atoms with Gasteiger partial charge < -0.3 is 19.9 Å². The van der Waals surface area contributed by atoms with E-state index in [0.29, 0.717) is 26.1 Å². The lowest BCUT2D eigenvalue weighted by atomic mass is 10.2. The summed E-state index contributed by atoms with van der Waals surface area (Å²) in [5, 5.41) is 2.60. The molecule has 1 aromatic carbocycles. The highest BCUT2D eigenvalue weighted by atomic mass is 16.5. The average Bonchev–Trinajstić information content (AvgIpc) is 3.29. The van der Waals surface area contributed by atoms with Crippen molar-refractivity contribution in [2.75, 3.05) is 45.2 Å². The molecule has 2 aliphatic rings. The molecule has 8 nitrogen and oxygen atoms in total. The minimum absolute atomic E-state index is 0.00101. The highest BCUT2D eigenvalue weighted by Gasteiger charge is 2.37. The summed E-state index contributed by atoms with van der Waals surface area (Å²) >= 11 is 0. The molecule has 8 heteroatoms. The van der Waals surface area contributed by atoms with Crippen molar-refractivity contribution in [3.05, 3.63) is 24.3 Å². The second kappa shape index (κ2) is 7.63. The molecule has 1 unspecified atom stereocenters. The monoisotopic (exact) mass is 360 g/mol. The number of rotatable bonds is 5. The van der Waals surface area contributed by atoms with Gasteiger partial charge in [-0.3, -0.25) is 14.5 Å². The number of ether oxygens (including phenoxy) is 1. The van der Waals surface area contributed by atoms with Gasteiger partial charge in [-0.15, -0.1) is 0 Å². The quantitative estimate of drug-likeness (QED) is 0.837. The third-order valence-electron chi connectivity index (χ3n) is 4.93. The Labute approximate surface area is 152 Å². The first kappa shape index (κ1) is 18.0. The molecule has 0 aromatic heterocycles. The highest BCUT2D eigenvalue weighted by molar-refractivity contribution is 5.97. The Hall–Kier alpha value is -2.77. The van der Waals surface area contributed by atoms with Crippen molar-refractivity contribution in [1.82, 2.24) is 15.1 Å². The molecule has 1 atom stereocenters. The van der Waals surface area contributed by atoms with Gasteiger partial charge in [-0.05, 0) is 37.1 Å². The van der Waals surface area contributed by atoms with Crippen molar-refractivity contribution in [3.8, 4) is 5.75 Å². The molecule has 0 radical (unpaired) electrons. The van der Waals surface area contributed by atoms with Crippen LogP contribution in [0, 0.1) is 0 Å². The topological polar surface area (TPSA) is 82.2 Å². The molecule has 2 fully saturated rings. The summed E-state index contributed by atoms with van der Waals surface area (Å²) in [7, 11) is 3.16. The smallest absolute Gasteiger partial charge is 0.325 e. The Morgan fingerprint density at radius 1 is 1.19 bits per heavy atom. The van der Waals surface area contributed by atoms with Gasteiger partial charge in [0.25, 0.3) is 0 Å². The molecule has 2 aliphatic heterocycles. The number of nitrogens with zero attached hydrogens (tertiary/aromatic N) is 3. The van der Waals surface area contributed by atoms with Gasteiger partial charge in [0.05, 0.1) is 7.11 Å². The summed E-state index contributed by atoms with van der Waals surface area (Å²) in [5.74, 6) is 0.395. The van der Waals surface area contributed by atoms with Gasteiger partial charge in [0, 0.05) is 32.4 Å². The predicted molar refractivity (Wildman–Crippen MR) is 96.1 cm³/mol. The molecule has 2 heterocycles. The number of likely N-dealkylation sites (N-methyl/N-ethyl adjacent to an activating group) is 1. The number of hydrogen-bond donors (Lipinski definition) is 1. The molecule has 0 spiro atoms. The van der Waals surface area contributed by atoms with Crippen LogP contribution in [0.1, 0.15) is 12.8 Å². The van der Waals surface area contributed by atoms with Crippen molar-refractivity contribution in [3.63, 3.8) is 0 Å². The van der Waals surface area contributed by atoms with Crippen molar-refractivity contribution in [1.29, 1.82) is 0 Å². The molecule has 0 bridgehead atoms. The predicted octanol–water partition coefficient (Wildman–Crippen LogP) is 0.674. The SMILES string of the molecule is CNC(=O)C1CCCN1C(=O)CN1CCN(c2ccc(OC)cc2)C1=O. The summed E-state index contributed by atoms with van der Waals surface area (Å²) < 4.78 is 5.13. The van der Waals surface area contributed by atoms with E-state index in [1.165, 1.54) is 4.90 Å². The molecule has 1 N–H and O–H groups in total. The molecule has 3 rings (SSSR count). The van der Waals surface area contributed by atoms with Crippen LogP contribution in [-0.4, -0.2) is 74.0 Å². The van der Waals surface area contributed by atoms with Crippen LogP contribution >= 0.6 is 0 Å². The largest absolute Gasteiger partial charge is 0.497 e. The summed E-state index contributed by atoms with van der Waals surface area (Å²) in [4.78, 5) is 42.0. The third kappa shape index (κ3) is 3.44. The molecular weight excluding hydrogens is 336 g/mol. The standard InChI is InChI=1S/C18H24N4O4/c1-19-17(24)15-4-3-9-22(15)16(23)12-20-10-11-21(18(20)25)13-5-7-14(26-2)8-6-13/h5-8,15H,3-4,9-12H2,1-2H3,(H,19,24). The molecule has 1 aromatic rings. The minimum atomic E-state index is -0.428. The van der Waals surface area contributed by atoms with E-state index in [9.17, 15) is 14.4 Å². The number of methoxy groups -OCH3 is 1. The Morgan fingerprint density at radius 3 is 2.58 bits per heavy atom. The first-order valence-corrected chi connectivity index (χ1v) is 8.76. The van der Waals surface area contributed by atoms with Gasteiger partial charge >= 0.3 is 6.03 Å². The van der Waals surface area contributed by atoms with Crippen LogP contribution in [0.5, 0.6) is 5.75 Å².